The Kier molecular flexibility index (Phi) is 22.9. The van der Waals surface area contributed by atoms with Crippen LogP contribution in [0.15, 0.2) is 60.8 Å². The van der Waals surface area contributed by atoms with Gasteiger partial charge in [0, 0.05) is 88.6 Å². The van der Waals surface area contributed by atoms with Gasteiger partial charge in [0.2, 0.25) is 11.8 Å². The molecule has 2 aromatic carbocycles. The van der Waals surface area contributed by atoms with Gasteiger partial charge in [-0.25, -0.2) is 14.2 Å². The molecule has 6 amide bonds. The Hall–Kier alpha value is -6.17. The molecule has 0 spiro atoms. The molecule has 75 heavy (non-hydrogen) atoms. The van der Waals surface area contributed by atoms with Crippen molar-refractivity contribution in [2.45, 2.75) is 75.0 Å². The van der Waals surface area contributed by atoms with Crippen molar-refractivity contribution in [2.75, 3.05) is 111 Å². The summed E-state index contributed by atoms with van der Waals surface area (Å²) in [4.78, 5) is 74.5. The number of unbranched alkanes of at least 4 members (excludes halogenated alkanes) is 1. The van der Waals surface area contributed by atoms with Crippen LogP contribution >= 0.6 is 11.8 Å². The summed E-state index contributed by atoms with van der Waals surface area (Å²) in [6.07, 6.45) is 6.07. The van der Waals surface area contributed by atoms with Crippen molar-refractivity contribution in [3.05, 3.63) is 100 Å². The molecule has 3 atom stereocenters. The average Bonchev–Trinajstić information content (AvgIpc) is 3.99. The minimum atomic E-state index is -0.399. The molecule has 19 nitrogen and oxygen atoms in total. The number of hydrogen-bond acceptors (Lipinski definition) is 14. The van der Waals surface area contributed by atoms with Crippen LogP contribution in [0.2, 0.25) is 0 Å². The third-order valence-corrected chi connectivity index (χ3v) is 14.8. The van der Waals surface area contributed by atoms with Crippen LogP contribution in [0.1, 0.15) is 81.6 Å². The molecule has 4 saturated heterocycles. The first kappa shape index (κ1) is 56.6. The number of piperidine rings is 1. The van der Waals surface area contributed by atoms with Gasteiger partial charge in [0.1, 0.15) is 18.1 Å². The Labute approximate surface area is 442 Å². The van der Waals surface area contributed by atoms with Crippen molar-refractivity contribution in [2.24, 2.45) is 0 Å². The molecule has 1 aromatic heterocycles. The Bertz CT molecular complexity index is 2460. The normalized spacial score (nSPS) is 18.7. The number of ether oxygens (including phenoxy) is 4. The molecule has 402 valence electrons. The van der Waals surface area contributed by atoms with Gasteiger partial charge in [-0.1, -0.05) is 42.5 Å². The van der Waals surface area contributed by atoms with Crippen LogP contribution < -0.4 is 26.6 Å². The van der Waals surface area contributed by atoms with Gasteiger partial charge in [-0.15, -0.1) is 0 Å². The molecule has 5 N–H and O–H groups in total. The SMILES string of the molecule is N#Cc1ccc(CN2CCC(NC(=O)c3ncc(C(=O)N4CCN(Cc5ccc(F)cc5)CC4)cc3C#CCNC(=O)COCCOCCOCCOCCNC(=O)CCCC[C@@H]3SC[C@@H]4NC(=O)N[C@@H]43)CC2)cc1. The third kappa shape index (κ3) is 18.9. The predicted molar refractivity (Wildman–Crippen MR) is 279 cm³/mol. The Morgan fingerprint density at radius 3 is 2.13 bits per heavy atom. The number of halogens is 1. The van der Waals surface area contributed by atoms with Gasteiger partial charge >= 0.3 is 6.03 Å². The molecule has 4 aliphatic rings. The van der Waals surface area contributed by atoms with E-state index < -0.39 is 5.91 Å². The number of fused-ring (bicyclic) bond motifs is 1. The van der Waals surface area contributed by atoms with E-state index in [0.717, 1.165) is 68.6 Å². The summed E-state index contributed by atoms with van der Waals surface area (Å²) < 4.78 is 35.5. The molecule has 7 rings (SSSR count). The van der Waals surface area contributed by atoms with E-state index in [1.807, 2.05) is 36.0 Å². The molecule has 0 radical (unpaired) electrons. The Balaban J connectivity index is 0.758. The largest absolute Gasteiger partial charge is 0.377 e. The second kappa shape index (κ2) is 30.4. The number of urea groups is 1. The van der Waals surface area contributed by atoms with E-state index >= 15 is 0 Å². The van der Waals surface area contributed by atoms with Crippen molar-refractivity contribution in [1.82, 2.24) is 46.3 Å². The van der Waals surface area contributed by atoms with Crippen LogP contribution in [0.4, 0.5) is 9.18 Å². The van der Waals surface area contributed by atoms with Crippen molar-refractivity contribution in [3.63, 3.8) is 0 Å². The highest BCUT2D eigenvalue weighted by Gasteiger charge is 2.42. The highest BCUT2D eigenvalue weighted by molar-refractivity contribution is 8.00. The van der Waals surface area contributed by atoms with Gasteiger partial charge in [-0.2, -0.15) is 17.0 Å². The zero-order valence-corrected chi connectivity index (χ0v) is 43.3. The average molecular weight is 1050 g/mol. The minimum Gasteiger partial charge on any atom is -0.377 e. The van der Waals surface area contributed by atoms with Crippen LogP contribution in [-0.2, 0) is 41.6 Å². The van der Waals surface area contributed by atoms with E-state index in [0.29, 0.717) is 95.1 Å². The van der Waals surface area contributed by atoms with Crippen LogP contribution in [0, 0.1) is 29.0 Å². The number of rotatable bonds is 27. The predicted octanol–water partition coefficient (Wildman–Crippen LogP) is 2.82. The standard InChI is InChI=1S/C54H69FN10O9S/c55-44-13-11-41(12-14-44)36-64-21-23-65(24-22-64)53(69)43-32-42(50(59-34-43)52(68)60-45-15-19-63(20-16-45)35-40-9-7-39(33-56)8-10-40)4-3-17-57-49(67)37-74-31-30-73-29-28-72-27-26-71-25-18-58-48(66)6-2-1-5-47-51-46(38-75-47)61-54(70)62-51/h7-14,32,34,45-47,51H,1-2,5-6,15-31,35-38H2,(H,57,67)(H,58,66)(H,60,68)(H2,61,62,70)/t46-,47-,51-/m0/s1. The molecule has 4 fully saturated rings. The summed E-state index contributed by atoms with van der Waals surface area (Å²) in [7, 11) is 0. The molecular formula is C54H69FN10O9S. The van der Waals surface area contributed by atoms with E-state index in [9.17, 15) is 28.4 Å². The van der Waals surface area contributed by atoms with E-state index in [4.69, 9.17) is 24.2 Å². The number of pyridine rings is 1. The Morgan fingerprint density at radius 1 is 0.787 bits per heavy atom. The quantitative estimate of drug-likeness (QED) is 0.0421. The first-order chi connectivity index (χ1) is 36.6. The smallest absolute Gasteiger partial charge is 0.315 e. The number of aromatic nitrogens is 1. The zero-order chi connectivity index (χ0) is 52.6. The van der Waals surface area contributed by atoms with E-state index in [1.165, 1.54) is 18.3 Å². The lowest BCUT2D eigenvalue weighted by molar-refractivity contribution is -0.126. The van der Waals surface area contributed by atoms with E-state index in [1.54, 1.807) is 23.1 Å². The second-order valence-electron chi connectivity index (χ2n) is 18.8. The molecule has 0 saturated carbocycles. The van der Waals surface area contributed by atoms with Gasteiger partial charge in [-0.05, 0) is 67.1 Å². The maximum absolute atomic E-state index is 13.8. The first-order valence-electron chi connectivity index (χ1n) is 25.9. The lowest BCUT2D eigenvalue weighted by Crippen LogP contribution is -2.48. The van der Waals surface area contributed by atoms with E-state index in [-0.39, 0.29) is 85.3 Å². The van der Waals surface area contributed by atoms with Crippen LogP contribution in [0.3, 0.4) is 0 Å². The van der Waals surface area contributed by atoms with Gasteiger partial charge in [0.25, 0.3) is 11.8 Å². The third-order valence-electron chi connectivity index (χ3n) is 13.3. The molecule has 5 heterocycles. The maximum atomic E-state index is 13.8. The number of carbonyl (C=O) groups excluding carboxylic acids is 5. The first-order valence-corrected chi connectivity index (χ1v) is 27.0. The fraction of sp³-hybridized carbons (Fsp3) is 0.537. The van der Waals surface area contributed by atoms with Crippen molar-refractivity contribution >= 4 is 41.4 Å². The molecule has 21 heteroatoms. The molecule has 3 aromatic rings. The van der Waals surface area contributed by atoms with Crippen LogP contribution in [0.25, 0.3) is 0 Å². The summed E-state index contributed by atoms with van der Waals surface area (Å²) in [6, 6.07) is 17.9. The van der Waals surface area contributed by atoms with Crippen molar-refractivity contribution < 1.29 is 47.3 Å². The lowest BCUT2D eigenvalue weighted by Gasteiger charge is -2.34. The minimum absolute atomic E-state index is 0.00397. The highest BCUT2D eigenvalue weighted by atomic mass is 32.2. The van der Waals surface area contributed by atoms with Crippen molar-refractivity contribution in [1.29, 1.82) is 5.26 Å². The monoisotopic (exact) mass is 1050 g/mol. The van der Waals surface area contributed by atoms with Crippen molar-refractivity contribution in [3.8, 4) is 17.9 Å². The molecule has 0 unspecified atom stereocenters. The number of benzene rings is 2. The zero-order valence-electron chi connectivity index (χ0n) is 42.5. The number of carbonyl (C=O) groups is 5. The summed E-state index contributed by atoms with van der Waals surface area (Å²) in [5.41, 5.74) is 3.38. The Morgan fingerprint density at radius 2 is 1.44 bits per heavy atom. The summed E-state index contributed by atoms with van der Waals surface area (Å²) in [6.45, 7) is 7.67. The van der Waals surface area contributed by atoms with Gasteiger partial charge < -0.3 is 50.4 Å². The van der Waals surface area contributed by atoms with Gasteiger partial charge in [0.05, 0.1) is 87.6 Å². The number of likely N-dealkylation sites (tertiary alicyclic amines) is 1. The highest BCUT2D eigenvalue weighted by Crippen LogP contribution is 2.33. The molecule has 0 aliphatic carbocycles. The number of amides is 6. The lowest BCUT2D eigenvalue weighted by atomic mass is 10.0. The number of thioether (sulfide) groups is 1. The summed E-state index contributed by atoms with van der Waals surface area (Å²) in [5, 5.41) is 24.2. The maximum Gasteiger partial charge on any atom is 0.315 e. The number of nitrogens with one attached hydrogen (secondary N) is 5. The van der Waals surface area contributed by atoms with Crippen LogP contribution in [0.5, 0.6) is 0 Å². The summed E-state index contributed by atoms with van der Waals surface area (Å²) >= 11 is 1.88. The molecule has 0 bridgehead atoms. The number of nitriles is 1. The fourth-order valence-electron chi connectivity index (χ4n) is 9.21. The van der Waals surface area contributed by atoms with Gasteiger partial charge in [0.15, 0.2) is 0 Å². The number of nitrogens with zero attached hydrogens (tertiary/aromatic N) is 5. The topological polar surface area (TPSA) is 229 Å². The molecular weight excluding hydrogens is 984 g/mol. The number of hydrogen-bond donors (Lipinski definition) is 5. The van der Waals surface area contributed by atoms with E-state index in [2.05, 4.69) is 59.3 Å². The van der Waals surface area contributed by atoms with Crippen LogP contribution in [-0.4, -0.2) is 184 Å². The van der Waals surface area contributed by atoms with Gasteiger partial charge in [-0.3, -0.25) is 29.0 Å². The molecule has 4 aliphatic heterocycles. The second-order valence-corrected chi connectivity index (χ2v) is 20.1. The fourth-order valence-corrected chi connectivity index (χ4v) is 10.8. The number of piperazine rings is 1. The summed E-state index contributed by atoms with van der Waals surface area (Å²) in [5.74, 6) is 5.53.